The van der Waals surface area contributed by atoms with E-state index in [4.69, 9.17) is 0 Å². The van der Waals surface area contributed by atoms with E-state index in [0.29, 0.717) is 0 Å². The first-order valence-corrected chi connectivity index (χ1v) is 7.56. The highest BCUT2D eigenvalue weighted by molar-refractivity contribution is 9.10. The van der Waals surface area contributed by atoms with Crippen molar-refractivity contribution >= 4 is 37.4 Å². The summed E-state index contributed by atoms with van der Waals surface area (Å²) in [6, 6.07) is 17.3. The Balaban J connectivity index is 1.99. The van der Waals surface area contributed by atoms with Crippen molar-refractivity contribution in [3.05, 3.63) is 69.0 Å². The Kier molecular flexibility index (Phi) is 3.23. The first kappa shape index (κ1) is 11.9. The first-order chi connectivity index (χ1) is 8.74. The van der Waals surface area contributed by atoms with Crippen LogP contribution >= 0.6 is 27.3 Å². The third-order valence-corrected chi connectivity index (χ3v) is 5.20. The molecule has 0 amide bonds. The summed E-state index contributed by atoms with van der Waals surface area (Å²) in [5.74, 6) is 0. The number of halogens is 1. The minimum Gasteiger partial charge on any atom is -0.140 e. The van der Waals surface area contributed by atoms with E-state index >= 15 is 0 Å². The van der Waals surface area contributed by atoms with Crippen LogP contribution in [0.25, 0.3) is 10.1 Å². The fourth-order valence-electron chi connectivity index (χ4n) is 2.16. The normalized spacial score (nSPS) is 11.0. The van der Waals surface area contributed by atoms with Crippen molar-refractivity contribution < 1.29 is 0 Å². The molecule has 0 N–H and O–H groups in total. The van der Waals surface area contributed by atoms with Gasteiger partial charge in [-0.05, 0) is 41.6 Å². The molecule has 3 rings (SSSR count). The zero-order valence-electron chi connectivity index (χ0n) is 10.1. The summed E-state index contributed by atoms with van der Waals surface area (Å²) in [5.41, 5.74) is 2.74. The van der Waals surface area contributed by atoms with Crippen molar-refractivity contribution in [3.8, 4) is 0 Å². The fourth-order valence-corrected chi connectivity index (χ4v) is 3.65. The Labute approximate surface area is 119 Å². The average Bonchev–Trinajstić information content (AvgIpc) is 2.77. The summed E-state index contributed by atoms with van der Waals surface area (Å²) in [6.07, 6.45) is 1.02. The van der Waals surface area contributed by atoms with Crippen LogP contribution in [0.4, 0.5) is 0 Å². The fraction of sp³-hybridized carbons (Fsp3) is 0.125. The van der Waals surface area contributed by atoms with Crippen LogP contribution in [0.3, 0.4) is 0 Å². The van der Waals surface area contributed by atoms with Gasteiger partial charge in [-0.15, -0.1) is 11.3 Å². The molecule has 0 fully saturated rings. The van der Waals surface area contributed by atoms with Crippen LogP contribution in [-0.2, 0) is 6.42 Å². The molecule has 2 heteroatoms. The standard InChI is InChI=1S/C16H13BrS/c1-11-12(6-4-7-15(11)17)9-14-10-13-5-2-3-8-16(13)18-14/h2-8,10H,9H2,1H3. The Morgan fingerprint density at radius 1 is 1.06 bits per heavy atom. The molecule has 0 aliphatic rings. The lowest BCUT2D eigenvalue weighted by molar-refractivity contribution is 1.18. The zero-order chi connectivity index (χ0) is 12.5. The van der Waals surface area contributed by atoms with Crippen LogP contribution in [0, 0.1) is 6.92 Å². The smallest absolute Gasteiger partial charge is 0.0345 e. The van der Waals surface area contributed by atoms with Gasteiger partial charge in [0, 0.05) is 20.5 Å². The summed E-state index contributed by atoms with van der Waals surface area (Å²) >= 11 is 5.49. The van der Waals surface area contributed by atoms with Crippen molar-refractivity contribution in [2.75, 3.05) is 0 Å². The molecule has 0 nitrogen and oxygen atoms in total. The molecule has 0 saturated carbocycles. The van der Waals surface area contributed by atoms with Crippen LogP contribution in [0.5, 0.6) is 0 Å². The molecule has 0 radical (unpaired) electrons. The van der Waals surface area contributed by atoms with E-state index in [1.807, 2.05) is 11.3 Å². The van der Waals surface area contributed by atoms with Gasteiger partial charge in [-0.1, -0.05) is 46.3 Å². The highest BCUT2D eigenvalue weighted by Gasteiger charge is 2.06. The van der Waals surface area contributed by atoms with E-state index in [9.17, 15) is 0 Å². The monoisotopic (exact) mass is 316 g/mol. The average molecular weight is 317 g/mol. The largest absolute Gasteiger partial charge is 0.140 e. The molecule has 0 aliphatic heterocycles. The van der Waals surface area contributed by atoms with Crippen molar-refractivity contribution in [1.29, 1.82) is 0 Å². The second-order valence-electron chi connectivity index (χ2n) is 4.45. The third kappa shape index (κ3) is 2.23. The number of fused-ring (bicyclic) bond motifs is 1. The lowest BCUT2D eigenvalue weighted by atomic mass is 10.1. The van der Waals surface area contributed by atoms with Gasteiger partial charge in [0.05, 0.1) is 0 Å². The van der Waals surface area contributed by atoms with E-state index in [1.54, 1.807) is 0 Å². The summed E-state index contributed by atoms with van der Waals surface area (Å²) in [6.45, 7) is 2.17. The van der Waals surface area contributed by atoms with Crippen LogP contribution < -0.4 is 0 Å². The molecule has 0 bridgehead atoms. The van der Waals surface area contributed by atoms with Crippen LogP contribution in [0.15, 0.2) is 53.0 Å². The van der Waals surface area contributed by atoms with Gasteiger partial charge in [0.25, 0.3) is 0 Å². The van der Waals surface area contributed by atoms with Gasteiger partial charge in [-0.25, -0.2) is 0 Å². The molecule has 0 spiro atoms. The van der Waals surface area contributed by atoms with Crippen molar-refractivity contribution in [2.24, 2.45) is 0 Å². The summed E-state index contributed by atoms with van der Waals surface area (Å²) in [4.78, 5) is 1.43. The molecule has 18 heavy (non-hydrogen) atoms. The molecule has 0 unspecified atom stereocenters. The maximum atomic E-state index is 3.60. The van der Waals surface area contributed by atoms with E-state index in [0.717, 1.165) is 6.42 Å². The Bertz CT molecular complexity index is 664. The summed E-state index contributed by atoms with van der Waals surface area (Å²) in [7, 11) is 0. The predicted molar refractivity (Wildman–Crippen MR) is 83.5 cm³/mol. The van der Waals surface area contributed by atoms with Gasteiger partial charge in [0.2, 0.25) is 0 Å². The van der Waals surface area contributed by atoms with E-state index in [1.165, 1.54) is 30.6 Å². The molecule has 0 atom stereocenters. The van der Waals surface area contributed by atoms with Gasteiger partial charge in [-0.3, -0.25) is 0 Å². The number of hydrogen-bond donors (Lipinski definition) is 0. The molecule has 1 aromatic heterocycles. The van der Waals surface area contributed by atoms with Crippen molar-refractivity contribution in [3.63, 3.8) is 0 Å². The van der Waals surface area contributed by atoms with Gasteiger partial charge >= 0.3 is 0 Å². The predicted octanol–water partition coefficient (Wildman–Crippen LogP) is 5.56. The lowest BCUT2D eigenvalue weighted by Gasteiger charge is -2.05. The topological polar surface area (TPSA) is 0 Å². The molecule has 0 saturated heterocycles. The SMILES string of the molecule is Cc1c(Br)cccc1Cc1cc2ccccc2s1. The van der Waals surface area contributed by atoms with Gasteiger partial charge in [0.1, 0.15) is 0 Å². The van der Waals surface area contributed by atoms with Crippen molar-refractivity contribution in [1.82, 2.24) is 0 Å². The number of hydrogen-bond acceptors (Lipinski definition) is 1. The maximum absolute atomic E-state index is 3.60. The Morgan fingerprint density at radius 2 is 1.89 bits per heavy atom. The molecular weight excluding hydrogens is 304 g/mol. The molecular formula is C16H13BrS. The molecule has 90 valence electrons. The number of rotatable bonds is 2. The lowest BCUT2D eigenvalue weighted by Crippen LogP contribution is -1.89. The second-order valence-corrected chi connectivity index (χ2v) is 6.47. The van der Waals surface area contributed by atoms with Crippen molar-refractivity contribution in [2.45, 2.75) is 13.3 Å². The molecule has 3 aromatic rings. The quantitative estimate of drug-likeness (QED) is 0.580. The number of benzene rings is 2. The highest BCUT2D eigenvalue weighted by atomic mass is 79.9. The summed E-state index contributed by atoms with van der Waals surface area (Å²) in [5, 5.41) is 1.35. The highest BCUT2D eigenvalue weighted by Crippen LogP contribution is 2.29. The van der Waals surface area contributed by atoms with Crippen LogP contribution in [-0.4, -0.2) is 0 Å². The first-order valence-electron chi connectivity index (χ1n) is 5.95. The third-order valence-electron chi connectivity index (χ3n) is 3.22. The molecule has 0 aliphatic carbocycles. The number of thiophene rings is 1. The summed E-state index contributed by atoms with van der Waals surface area (Å²) < 4.78 is 2.57. The Morgan fingerprint density at radius 3 is 2.72 bits per heavy atom. The minimum atomic E-state index is 1.02. The van der Waals surface area contributed by atoms with Gasteiger partial charge in [0.15, 0.2) is 0 Å². The Hall–Kier alpha value is -1.12. The van der Waals surface area contributed by atoms with E-state index < -0.39 is 0 Å². The molecule has 1 heterocycles. The van der Waals surface area contributed by atoms with Crippen LogP contribution in [0.2, 0.25) is 0 Å². The van der Waals surface area contributed by atoms with Gasteiger partial charge in [-0.2, -0.15) is 0 Å². The van der Waals surface area contributed by atoms with E-state index in [2.05, 4.69) is 71.4 Å². The minimum absolute atomic E-state index is 1.02. The maximum Gasteiger partial charge on any atom is 0.0345 e. The van der Waals surface area contributed by atoms with E-state index in [-0.39, 0.29) is 0 Å². The zero-order valence-corrected chi connectivity index (χ0v) is 12.5. The molecule has 2 aromatic carbocycles. The van der Waals surface area contributed by atoms with Gasteiger partial charge < -0.3 is 0 Å². The van der Waals surface area contributed by atoms with Crippen LogP contribution in [0.1, 0.15) is 16.0 Å². The second kappa shape index (κ2) is 4.87.